The van der Waals surface area contributed by atoms with E-state index in [0.717, 1.165) is 47.6 Å². The molecule has 2 aromatic heterocycles. The molecule has 0 saturated carbocycles. The topological polar surface area (TPSA) is 51.0 Å². The second-order valence-corrected chi connectivity index (χ2v) is 9.41. The van der Waals surface area contributed by atoms with E-state index in [-0.39, 0.29) is 5.91 Å². The number of likely N-dealkylation sites (tertiary alicyclic amines) is 1. The molecule has 0 unspecified atom stereocenters. The molecule has 148 valence electrons. The number of benzene rings is 2. The maximum absolute atomic E-state index is 12.7. The van der Waals surface area contributed by atoms with Gasteiger partial charge in [-0.2, -0.15) is 0 Å². The Balaban J connectivity index is 1.19. The van der Waals surface area contributed by atoms with Crippen molar-refractivity contribution in [3.8, 4) is 0 Å². The SMILES string of the molecule is Cn1c(SCC(=O)N2CCC(c3nc4ccccc4s3)CC2)nc2ccccc21. The highest BCUT2D eigenvalue weighted by Crippen LogP contribution is 2.34. The lowest BCUT2D eigenvalue weighted by molar-refractivity contribution is -0.129. The van der Waals surface area contributed by atoms with Crippen molar-refractivity contribution >= 4 is 50.3 Å². The molecule has 3 heterocycles. The van der Waals surface area contributed by atoms with Crippen molar-refractivity contribution in [3.05, 3.63) is 53.5 Å². The lowest BCUT2D eigenvalue weighted by atomic mass is 9.97. The van der Waals surface area contributed by atoms with E-state index in [2.05, 4.69) is 33.8 Å². The molecular formula is C22H22N4OS2. The van der Waals surface area contributed by atoms with E-state index in [4.69, 9.17) is 4.98 Å². The molecule has 4 aromatic rings. The Morgan fingerprint density at radius 3 is 2.55 bits per heavy atom. The largest absolute Gasteiger partial charge is 0.342 e. The molecule has 7 heteroatoms. The third-order valence-electron chi connectivity index (χ3n) is 5.58. The summed E-state index contributed by atoms with van der Waals surface area (Å²) in [4.78, 5) is 24.2. The summed E-state index contributed by atoms with van der Waals surface area (Å²) < 4.78 is 3.31. The average Bonchev–Trinajstić information content (AvgIpc) is 3.34. The number of carbonyl (C=O) groups excluding carboxylic acids is 1. The van der Waals surface area contributed by atoms with Crippen molar-refractivity contribution in [1.29, 1.82) is 0 Å². The van der Waals surface area contributed by atoms with Crippen LogP contribution in [0.15, 0.2) is 53.7 Å². The number of carbonyl (C=O) groups is 1. The van der Waals surface area contributed by atoms with E-state index < -0.39 is 0 Å². The Labute approximate surface area is 177 Å². The summed E-state index contributed by atoms with van der Waals surface area (Å²) in [5.41, 5.74) is 3.16. The van der Waals surface area contributed by atoms with Gasteiger partial charge in [0.05, 0.1) is 32.0 Å². The van der Waals surface area contributed by atoms with Gasteiger partial charge in [-0.25, -0.2) is 9.97 Å². The van der Waals surface area contributed by atoms with E-state index in [0.29, 0.717) is 11.7 Å². The molecule has 0 spiro atoms. The third-order valence-corrected chi connectivity index (χ3v) is 7.79. The molecule has 5 rings (SSSR count). The van der Waals surface area contributed by atoms with Gasteiger partial charge in [0.25, 0.3) is 0 Å². The number of aromatic nitrogens is 3. The Bertz CT molecular complexity index is 1140. The fourth-order valence-corrected chi connectivity index (χ4v) is 5.94. The normalized spacial score (nSPS) is 15.4. The maximum atomic E-state index is 12.7. The minimum absolute atomic E-state index is 0.199. The fraction of sp³-hybridized carbons (Fsp3) is 0.318. The summed E-state index contributed by atoms with van der Waals surface area (Å²) in [6.07, 6.45) is 1.98. The van der Waals surface area contributed by atoms with Crippen molar-refractivity contribution in [2.45, 2.75) is 23.9 Å². The lowest BCUT2D eigenvalue weighted by Gasteiger charge is -2.31. The molecule has 29 heavy (non-hydrogen) atoms. The van der Waals surface area contributed by atoms with Gasteiger partial charge in [0.15, 0.2) is 5.16 Å². The van der Waals surface area contributed by atoms with Crippen LogP contribution in [0.3, 0.4) is 0 Å². The van der Waals surface area contributed by atoms with E-state index >= 15 is 0 Å². The van der Waals surface area contributed by atoms with E-state index in [1.54, 1.807) is 11.3 Å². The van der Waals surface area contributed by atoms with Crippen LogP contribution in [0.25, 0.3) is 21.3 Å². The van der Waals surface area contributed by atoms with Crippen LogP contribution in [0, 0.1) is 0 Å². The van der Waals surface area contributed by atoms with Crippen molar-refractivity contribution in [2.75, 3.05) is 18.8 Å². The first-order chi connectivity index (χ1) is 14.2. The van der Waals surface area contributed by atoms with Crippen LogP contribution >= 0.6 is 23.1 Å². The van der Waals surface area contributed by atoms with Crippen LogP contribution in [-0.2, 0) is 11.8 Å². The summed E-state index contributed by atoms with van der Waals surface area (Å²) >= 11 is 3.32. The van der Waals surface area contributed by atoms with Gasteiger partial charge in [-0.1, -0.05) is 36.0 Å². The van der Waals surface area contributed by atoms with Crippen molar-refractivity contribution in [2.24, 2.45) is 7.05 Å². The highest BCUT2D eigenvalue weighted by Gasteiger charge is 2.26. The zero-order valence-corrected chi connectivity index (χ0v) is 17.9. The van der Waals surface area contributed by atoms with Crippen LogP contribution in [0.1, 0.15) is 23.8 Å². The van der Waals surface area contributed by atoms with Gasteiger partial charge in [0.2, 0.25) is 5.91 Å². The van der Waals surface area contributed by atoms with E-state index in [9.17, 15) is 4.79 Å². The molecule has 0 bridgehead atoms. The molecular weight excluding hydrogens is 400 g/mol. The predicted octanol–water partition coefficient (Wildman–Crippen LogP) is 4.68. The Morgan fingerprint density at radius 1 is 1.07 bits per heavy atom. The fourth-order valence-electron chi connectivity index (χ4n) is 3.91. The number of fused-ring (bicyclic) bond motifs is 2. The molecule has 1 amide bonds. The van der Waals surface area contributed by atoms with Gasteiger partial charge in [0, 0.05) is 26.1 Å². The molecule has 0 atom stereocenters. The predicted molar refractivity (Wildman–Crippen MR) is 120 cm³/mol. The molecule has 1 fully saturated rings. The molecule has 2 aromatic carbocycles. The van der Waals surface area contributed by atoms with Gasteiger partial charge in [0.1, 0.15) is 0 Å². The summed E-state index contributed by atoms with van der Waals surface area (Å²) in [5.74, 6) is 1.09. The summed E-state index contributed by atoms with van der Waals surface area (Å²) in [5, 5.41) is 2.11. The molecule has 1 aliphatic rings. The number of imidazole rings is 1. The summed E-state index contributed by atoms with van der Waals surface area (Å²) in [6.45, 7) is 1.62. The summed E-state index contributed by atoms with van der Waals surface area (Å²) in [7, 11) is 2.01. The van der Waals surface area contributed by atoms with Crippen LogP contribution in [-0.4, -0.2) is 44.2 Å². The number of hydrogen-bond donors (Lipinski definition) is 0. The number of piperidine rings is 1. The first-order valence-electron chi connectivity index (χ1n) is 9.86. The van der Waals surface area contributed by atoms with E-state index in [1.807, 2.05) is 36.2 Å². The number of aryl methyl sites for hydroxylation is 1. The molecule has 0 aliphatic carbocycles. The second-order valence-electron chi connectivity index (χ2n) is 7.41. The van der Waals surface area contributed by atoms with Crippen LogP contribution in [0.4, 0.5) is 0 Å². The van der Waals surface area contributed by atoms with Gasteiger partial charge in [-0.3, -0.25) is 4.79 Å². The van der Waals surface area contributed by atoms with Crippen molar-refractivity contribution in [1.82, 2.24) is 19.4 Å². The van der Waals surface area contributed by atoms with Crippen LogP contribution < -0.4 is 0 Å². The molecule has 5 nitrogen and oxygen atoms in total. The zero-order chi connectivity index (χ0) is 19.8. The standard InChI is InChI=1S/C22H22N4OS2/c1-25-18-8-4-2-6-16(18)24-22(25)28-14-20(27)26-12-10-15(11-13-26)21-23-17-7-3-5-9-19(17)29-21/h2-9,15H,10-14H2,1H3. The van der Waals surface area contributed by atoms with Gasteiger partial charge < -0.3 is 9.47 Å². The summed E-state index contributed by atoms with van der Waals surface area (Å²) in [6, 6.07) is 16.4. The van der Waals surface area contributed by atoms with Crippen LogP contribution in [0.5, 0.6) is 0 Å². The zero-order valence-electron chi connectivity index (χ0n) is 16.2. The Morgan fingerprint density at radius 2 is 1.79 bits per heavy atom. The average molecular weight is 423 g/mol. The van der Waals surface area contributed by atoms with Crippen LogP contribution in [0.2, 0.25) is 0 Å². The number of rotatable bonds is 4. The first-order valence-corrected chi connectivity index (χ1v) is 11.7. The Kier molecular flexibility index (Phi) is 5.01. The first kappa shape index (κ1) is 18.6. The molecule has 1 saturated heterocycles. The minimum atomic E-state index is 0.199. The number of amides is 1. The number of thioether (sulfide) groups is 1. The van der Waals surface area contributed by atoms with Gasteiger partial charge in [-0.05, 0) is 37.1 Å². The van der Waals surface area contributed by atoms with Gasteiger partial charge in [-0.15, -0.1) is 11.3 Å². The molecule has 1 aliphatic heterocycles. The van der Waals surface area contributed by atoms with E-state index in [1.165, 1.54) is 21.5 Å². The number of thiazole rings is 1. The molecule has 0 N–H and O–H groups in total. The molecule has 0 radical (unpaired) electrons. The lowest BCUT2D eigenvalue weighted by Crippen LogP contribution is -2.38. The second kappa shape index (κ2) is 7.80. The number of hydrogen-bond acceptors (Lipinski definition) is 5. The smallest absolute Gasteiger partial charge is 0.233 e. The highest BCUT2D eigenvalue weighted by atomic mass is 32.2. The quantitative estimate of drug-likeness (QED) is 0.448. The van der Waals surface area contributed by atoms with Crippen molar-refractivity contribution in [3.63, 3.8) is 0 Å². The number of nitrogens with zero attached hydrogens (tertiary/aromatic N) is 4. The number of para-hydroxylation sites is 3. The highest BCUT2D eigenvalue weighted by molar-refractivity contribution is 7.99. The maximum Gasteiger partial charge on any atom is 0.233 e. The minimum Gasteiger partial charge on any atom is -0.342 e. The third kappa shape index (κ3) is 3.65. The Hall–Kier alpha value is -2.38. The van der Waals surface area contributed by atoms with Crippen molar-refractivity contribution < 1.29 is 4.79 Å². The monoisotopic (exact) mass is 422 g/mol. The van der Waals surface area contributed by atoms with Gasteiger partial charge >= 0.3 is 0 Å².